The van der Waals surface area contributed by atoms with Gasteiger partial charge >= 0.3 is 5.97 Å². The van der Waals surface area contributed by atoms with E-state index in [4.69, 9.17) is 14.2 Å². The summed E-state index contributed by atoms with van der Waals surface area (Å²) in [6, 6.07) is 7.60. The monoisotopic (exact) mass is 447 g/mol. The Bertz CT molecular complexity index is 1060. The first-order valence-electron chi connectivity index (χ1n) is 9.41. The second kappa shape index (κ2) is 10.2. The maximum absolute atomic E-state index is 13.5. The molecule has 0 saturated carbocycles. The van der Waals surface area contributed by atoms with Gasteiger partial charge in [-0.05, 0) is 12.1 Å². The lowest BCUT2D eigenvalue weighted by atomic mass is 10.2. The highest BCUT2D eigenvalue weighted by Gasteiger charge is 2.23. The predicted octanol–water partition coefficient (Wildman–Crippen LogP) is 1.81. The Balaban J connectivity index is 1.55. The zero-order valence-corrected chi connectivity index (χ0v) is 16.6. The van der Waals surface area contributed by atoms with Gasteiger partial charge in [0.05, 0.1) is 29.8 Å². The first kappa shape index (κ1) is 22.5. The summed E-state index contributed by atoms with van der Waals surface area (Å²) in [5.41, 5.74) is -0.834. The second-order valence-corrected chi connectivity index (χ2v) is 6.50. The number of esters is 1. The van der Waals surface area contributed by atoms with Crippen LogP contribution in [0.2, 0.25) is 0 Å². The van der Waals surface area contributed by atoms with Gasteiger partial charge in [-0.25, -0.2) is 4.39 Å². The van der Waals surface area contributed by atoms with Crippen molar-refractivity contribution in [3.8, 4) is 11.5 Å². The van der Waals surface area contributed by atoms with Gasteiger partial charge in [-0.2, -0.15) is 0 Å². The Hall–Kier alpha value is -4.22. The molecule has 0 fully saturated rings. The molecule has 0 aromatic heterocycles. The van der Waals surface area contributed by atoms with Crippen LogP contribution in [0.4, 0.5) is 15.8 Å². The summed E-state index contributed by atoms with van der Waals surface area (Å²) in [6.07, 6.45) is 0.591. The van der Waals surface area contributed by atoms with Gasteiger partial charge in [0.1, 0.15) is 18.0 Å². The predicted molar refractivity (Wildman–Crippen MR) is 107 cm³/mol. The number of rotatable bonds is 7. The van der Waals surface area contributed by atoms with Crippen LogP contribution in [0.1, 0.15) is 16.8 Å². The number of halogens is 1. The molecule has 0 atom stereocenters. The van der Waals surface area contributed by atoms with E-state index in [0.717, 1.165) is 12.1 Å². The second-order valence-electron chi connectivity index (χ2n) is 6.50. The van der Waals surface area contributed by atoms with E-state index >= 15 is 0 Å². The molecule has 32 heavy (non-hydrogen) atoms. The molecule has 168 valence electrons. The fraction of sp³-hybridized carbons (Fsp3) is 0.250. The van der Waals surface area contributed by atoms with Gasteiger partial charge in [-0.15, -0.1) is 0 Å². The Kier molecular flexibility index (Phi) is 7.16. The molecule has 2 aromatic rings. The number of nitrogens with zero attached hydrogens (tertiary/aromatic N) is 1. The minimum Gasteiger partial charge on any atom is -0.489 e. The molecule has 1 aliphatic rings. The number of carbonyl (C=O) groups is 3. The van der Waals surface area contributed by atoms with Crippen molar-refractivity contribution < 1.29 is 37.9 Å². The number of nitrogens with one attached hydrogen (secondary N) is 2. The molecule has 11 nitrogen and oxygen atoms in total. The molecule has 2 N–H and O–H groups in total. The van der Waals surface area contributed by atoms with Crippen LogP contribution >= 0.6 is 0 Å². The Labute approximate surface area is 180 Å². The van der Waals surface area contributed by atoms with Gasteiger partial charge in [0.25, 0.3) is 17.5 Å². The van der Waals surface area contributed by atoms with Crippen molar-refractivity contribution in [1.82, 2.24) is 5.32 Å². The topological polar surface area (TPSA) is 146 Å². The van der Waals surface area contributed by atoms with E-state index in [0.29, 0.717) is 19.6 Å². The van der Waals surface area contributed by atoms with Crippen LogP contribution in [0.25, 0.3) is 0 Å². The van der Waals surface area contributed by atoms with Gasteiger partial charge in [0.2, 0.25) is 0 Å². The summed E-state index contributed by atoms with van der Waals surface area (Å²) in [5, 5.41) is 15.8. The number of carbonyl (C=O) groups excluding carboxylic acids is 3. The van der Waals surface area contributed by atoms with Crippen LogP contribution in [-0.4, -0.2) is 49.1 Å². The zero-order chi connectivity index (χ0) is 23.1. The molecule has 12 heteroatoms. The summed E-state index contributed by atoms with van der Waals surface area (Å²) in [5.74, 6) is -2.98. The standard InChI is InChI=1S/C20H18FN3O8/c21-13-5-2-1-4-12(13)20(27)22-10-19(26)32-11-18(25)23-14-8-16-17(9-15(14)24(28)29)31-7-3-6-30-16/h1-2,4-5,8-9H,3,6-7,10-11H2,(H,22,27)(H,23,25). The van der Waals surface area contributed by atoms with Crippen molar-refractivity contribution in [2.45, 2.75) is 6.42 Å². The van der Waals surface area contributed by atoms with E-state index in [9.17, 15) is 28.9 Å². The van der Waals surface area contributed by atoms with E-state index < -0.39 is 47.4 Å². The SMILES string of the molecule is O=C(COC(=O)CNC(=O)c1ccccc1F)Nc1cc2c(cc1[N+](=O)[O-])OCCCO2. The number of fused-ring (bicyclic) bond motifs is 1. The smallest absolute Gasteiger partial charge is 0.325 e. The van der Waals surface area contributed by atoms with Crippen molar-refractivity contribution >= 4 is 29.2 Å². The van der Waals surface area contributed by atoms with Crippen molar-refractivity contribution in [2.24, 2.45) is 0 Å². The molecular weight excluding hydrogens is 429 g/mol. The number of anilines is 1. The summed E-state index contributed by atoms with van der Waals surface area (Å²) in [7, 11) is 0. The molecule has 2 amide bonds. The van der Waals surface area contributed by atoms with Crippen molar-refractivity contribution in [3.05, 3.63) is 57.9 Å². The lowest BCUT2D eigenvalue weighted by Crippen LogP contribution is -2.32. The quantitative estimate of drug-likeness (QED) is 0.371. The van der Waals surface area contributed by atoms with Crippen LogP contribution in [0, 0.1) is 15.9 Å². The molecule has 0 bridgehead atoms. The number of benzene rings is 2. The molecular formula is C20H18FN3O8. The summed E-state index contributed by atoms with van der Waals surface area (Å²) in [4.78, 5) is 46.4. The minimum absolute atomic E-state index is 0.159. The average molecular weight is 447 g/mol. The zero-order valence-electron chi connectivity index (χ0n) is 16.6. The van der Waals surface area contributed by atoms with E-state index in [1.165, 1.54) is 24.3 Å². The number of hydrogen-bond acceptors (Lipinski definition) is 8. The maximum atomic E-state index is 13.5. The third-order valence-electron chi connectivity index (χ3n) is 4.21. The first-order chi connectivity index (χ1) is 15.3. The fourth-order valence-corrected chi connectivity index (χ4v) is 2.73. The van der Waals surface area contributed by atoms with E-state index in [1.807, 2.05) is 0 Å². The van der Waals surface area contributed by atoms with Crippen molar-refractivity contribution in [2.75, 3.05) is 31.7 Å². The largest absolute Gasteiger partial charge is 0.489 e. The fourth-order valence-electron chi connectivity index (χ4n) is 2.73. The van der Waals surface area contributed by atoms with Gasteiger partial charge in [-0.3, -0.25) is 24.5 Å². The maximum Gasteiger partial charge on any atom is 0.325 e. The highest BCUT2D eigenvalue weighted by Crippen LogP contribution is 2.39. The Morgan fingerprint density at radius 2 is 1.81 bits per heavy atom. The molecule has 0 radical (unpaired) electrons. The number of nitro benzene ring substituents is 1. The summed E-state index contributed by atoms with van der Waals surface area (Å²) >= 11 is 0. The lowest BCUT2D eigenvalue weighted by Gasteiger charge is -2.11. The van der Waals surface area contributed by atoms with Gasteiger partial charge in [0.15, 0.2) is 18.1 Å². The van der Waals surface area contributed by atoms with E-state index in [2.05, 4.69) is 10.6 Å². The van der Waals surface area contributed by atoms with Crippen LogP contribution < -0.4 is 20.1 Å². The van der Waals surface area contributed by atoms with Crippen molar-refractivity contribution in [1.29, 1.82) is 0 Å². The first-order valence-corrected chi connectivity index (χ1v) is 9.41. The van der Waals surface area contributed by atoms with Crippen LogP contribution in [-0.2, 0) is 14.3 Å². The molecule has 1 heterocycles. The van der Waals surface area contributed by atoms with Gasteiger partial charge in [0, 0.05) is 12.5 Å². The summed E-state index contributed by atoms with van der Waals surface area (Å²) < 4.78 is 29.1. The summed E-state index contributed by atoms with van der Waals surface area (Å²) in [6.45, 7) is -0.696. The lowest BCUT2D eigenvalue weighted by molar-refractivity contribution is -0.384. The molecule has 0 aliphatic carbocycles. The van der Waals surface area contributed by atoms with Gasteiger partial charge in [-0.1, -0.05) is 12.1 Å². The molecule has 2 aromatic carbocycles. The normalized spacial score (nSPS) is 12.3. The van der Waals surface area contributed by atoms with Crippen molar-refractivity contribution in [3.63, 3.8) is 0 Å². The third kappa shape index (κ3) is 5.68. The number of nitro groups is 1. The Morgan fingerprint density at radius 3 is 2.50 bits per heavy atom. The highest BCUT2D eigenvalue weighted by atomic mass is 19.1. The van der Waals surface area contributed by atoms with E-state index in [1.54, 1.807) is 0 Å². The minimum atomic E-state index is -0.960. The number of hydrogen-bond donors (Lipinski definition) is 2. The third-order valence-corrected chi connectivity index (χ3v) is 4.21. The van der Waals surface area contributed by atoms with Gasteiger partial charge < -0.3 is 24.8 Å². The number of amides is 2. The number of ether oxygens (including phenoxy) is 3. The van der Waals surface area contributed by atoms with Crippen LogP contribution in [0.15, 0.2) is 36.4 Å². The van der Waals surface area contributed by atoms with E-state index in [-0.39, 0.29) is 22.7 Å². The highest BCUT2D eigenvalue weighted by molar-refractivity contribution is 5.97. The molecule has 0 spiro atoms. The average Bonchev–Trinajstić information content (AvgIpc) is 3.00. The van der Waals surface area contributed by atoms with Crippen LogP contribution in [0.3, 0.4) is 0 Å². The molecule has 0 saturated heterocycles. The molecule has 3 rings (SSSR count). The molecule has 0 unspecified atom stereocenters. The molecule has 1 aliphatic heterocycles. The van der Waals surface area contributed by atoms with Crippen LogP contribution in [0.5, 0.6) is 11.5 Å². The Morgan fingerprint density at radius 1 is 1.12 bits per heavy atom.